The van der Waals surface area contributed by atoms with Crippen LogP contribution in [0.5, 0.6) is 0 Å². The van der Waals surface area contributed by atoms with E-state index in [0.29, 0.717) is 12.8 Å². The zero-order valence-electron chi connectivity index (χ0n) is 39.5. The second kappa shape index (κ2) is 37.2. The van der Waals surface area contributed by atoms with E-state index in [-0.39, 0.29) is 18.9 Å². The Morgan fingerprint density at radius 3 is 1.53 bits per heavy atom. The molecule has 2 heterocycles. The fraction of sp³-hybridized carbons (Fsp3) is 0.860. The molecule has 0 bridgehead atoms. The fourth-order valence-corrected chi connectivity index (χ4v) is 8.14. The van der Waals surface area contributed by atoms with E-state index in [2.05, 4.69) is 43.5 Å². The predicted octanol–water partition coefficient (Wildman–Crippen LogP) is 6.32. The molecule has 2 aliphatic heterocycles. The number of hydrogen-bond donors (Lipinski definition) is 9. The number of aliphatic hydroxyl groups excluding tert-OH is 8. The monoisotopic (exact) mass is 914 g/mol. The van der Waals surface area contributed by atoms with Crippen molar-refractivity contribution in [1.82, 2.24) is 5.32 Å². The smallest absolute Gasteiger partial charge is 0.220 e. The molecule has 0 radical (unpaired) electrons. The summed E-state index contributed by atoms with van der Waals surface area (Å²) >= 11 is 0. The number of ether oxygens (including phenoxy) is 4. The van der Waals surface area contributed by atoms with Crippen LogP contribution >= 0.6 is 0 Å². The molecule has 0 aromatic heterocycles. The van der Waals surface area contributed by atoms with Gasteiger partial charge in [-0.25, -0.2) is 0 Å². The molecule has 12 unspecified atom stereocenters. The molecule has 0 saturated carbocycles. The van der Waals surface area contributed by atoms with Crippen LogP contribution in [-0.2, 0) is 23.7 Å². The predicted molar refractivity (Wildman–Crippen MR) is 249 cm³/mol. The molecule has 0 spiro atoms. The van der Waals surface area contributed by atoms with E-state index in [1.165, 1.54) is 103 Å². The zero-order chi connectivity index (χ0) is 46.8. The van der Waals surface area contributed by atoms with Crippen molar-refractivity contribution >= 4 is 5.91 Å². The Kier molecular flexibility index (Phi) is 33.9. The molecule has 0 aliphatic carbocycles. The van der Waals surface area contributed by atoms with E-state index in [1.807, 2.05) is 6.08 Å². The summed E-state index contributed by atoms with van der Waals surface area (Å²) in [5, 5.41) is 86.6. The molecule has 2 fully saturated rings. The SMILES string of the molecule is CCCCCCC/C=C/CC/C=C/CC/C=C/C(O)C(COC1OC(CO)C(OC2OC(CO)C(O)C(O)C2O)C(O)C1O)NC(=O)CCCCCCCCCCCCCCCCC. The molecule has 64 heavy (non-hydrogen) atoms. The molecule has 14 heteroatoms. The first-order valence-corrected chi connectivity index (χ1v) is 25.2. The third-order valence-electron chi connectivity index (χ3n) is 12.3. The molecule has 374 valence electrons. The second-order valence-electron chi connectivity index (χ2n) is 17.9. The van der Waals surface area contributed by atoms with Gasteiger partial charge in [0.1, 0.15) is 48.8 Å². The normalized spacial score (nSPS) is 27.5. The summed E-state index contributed by atoms with van der Waals surface area (Å²) in [6.07, 6.45) is 24.7. The maximum absolute atomic E-state index is 13.2. The highest BCUT2D eigenvalue weighted by Crippen LogP contribution is 2.30. The van der Waals surface area contributed by atoms with E-state index in [9.17, 15) is 45.6 Å². The molecule has 0 aromatic carbocycles. The summed E-state index contributed by atoms with van der Waals surface area (Å²) in [6, 6.07) is -0.933. The van der Waals surface area contributed by atoms with Gasteiger partial charge in [-0.05, 0) is 44.9 Å². The van der Waals surface area contributed by atoms with Crippen molar-refractivity contribution in [3.05, 3.63) is 36.5 Å². The van der Waals surface area contributed by atoms with Crippen molar-refractivity contribution < 1.29 is 64.6 Å². The zero-order valence-corrected chi connectivity index (χ0v) is 39.5. The van der Waals surface area contributed by atoms with Crippen molar-refractivity contribution in [1.29, 1.82) is 0 Å². The lowest BCUT2D eigenvalue weighted by Gasteiger charge is -2.46. The number of allylic oxidation sites excluding steroid dienone is 5. The molecular formula is C50H91NO13. The number of aliphatic hydroxyl groups is 8. The number of unbranched alkanes of at least 4 members (excludes halogenated alkanes) is 21. The molecule has 2 rings (SSSR count). The van der Waals surface area contributed by atoms with Gasteiger partial charge in [-0.1, -0.05) is 166 Å². The first kappa shape index (κ1) is 58.3. The summed E-state index contributed by atoms with van der Waals surface area (Å²) in [6.45, 7) is 2.74. The largest absolute Gasteiger partial charge is 0.394 e. The third kappa shape index (κ3) is 24.3. The van der Waals surface area contributed by atoms with Crippen LogP contribution in [0, 0.1) is 0 Å². The van der Waals surface area contributed by atoms with Crippen LogP contribution in [0.15, 0.2) is 36.5 Å². The Morgan fingerprint density at radius 1 is 0.547 bits per heavy atom. The molecule has 14 nitrogen and oxygen atoms in total. The number of carbonyl (C=O) groups is 1. The molecule has 12 atom stereocenters. The Bertz CT molecular complexity index is 1220. The second-order valence-corrected chi connectivity index (χ2v) is 17.9. The van der Waals surface area contributed by atoms with Crippen molar-refractivity contribution in [3.8, 4) is 0 Å². The van der Waals surface area contributed by atoms with E-state index < -0.39 is 86.8 Å². The molecule has 0 aromatic rings. The summed E-state index contributed by atoms with van der Waals surface area (Å²) in [7, 11) is 0. The van der Waals surface area contributed by atoms with Crippen LogP contribution in [0.25, 0.3) is 0 Å². The molecule has 9 N–H and O–H groups in total. The van der Waals surface area contributed by atoms with Gasteiger partial charge in [0.25, 0.3) is 0 Å². The van der Waals surface area contributed by atoms with Crippen LogP contribution < -0.4 is 5.32 Å². The molecule has 1 amide bonds. The van der Waals surface area contributed by atoms with E-state index in [4.69, 9.17) is 18.9 Å². The molecular weight excluding hydrogens is 823 g/mol. The first-order valence-electron chi connectivity index (χ1n) is 25.2. The Hall–Kier alpha value is -1.79. The highest BCUT2D eigenvalue weighted by molar-refractivity contribution is 5.76. The van der Waals surface area contributed by atoms with E-state index in [1.54, 1.807) is 6.08 Å². The summed E-state index contributed by atoms with van der Waals surface area (Å²) in [5.41, 5.74) is 0. The first-order chi connectivity index (χ1) is 31.1. The Morgan fingerprint density at radius 2 is 1.00 bits per heavy atom. The van der Waals surface area contributed by atoms with Crippen molar-refractivity contribution in [2.24, 2.45) is 0 Å². The summed E-state index contributed by atoms with van der Waals surface area (Å²) in [5.74, 6) is -0.254. The number of rotatable bonds is 38. The highest BCUT2D eigenvalue weighted by Gasteiger charge is 2.51. The van der Waals surface area contributed by atoms with Gasteiger partial charge in [0.2, 0.25) is 5.91 Å². The molecule has 2 saturated heterocycles. The van der Waals surface area contributed by atoms with Gasteiger partial charge < -0.3 is 65.1 Å². The van der Waals surface area contributed by atoms with Crippen LogP contribution in [0.1, 0.15) is 181 Å². The average molecular weight is 914 g/mol. The lowest BCUT2D eigenvalue weighted by atomic mass is 9.97. The van der Waals surface area contributed by atoms with Gasteiger partial charge in [-0.3, -0.25) is 4.79 Å². The van der Waals surface area contributed by atoms with Crippen molar-refractivity contribution in [2.45, 2.75) is 254 Å². The number of nitrogens with one attached hydrogen (secondary N) is 1. The fourth-order valence-electron chi connectivity index (χ4n) is 8.14. The maximum Gasteiger partial charge on any atom is 0.220 e. The van der Waals surface area contributed by atoms with Gasteiger partial charge >= 0.3 is 0 Å². The van der Waals surface area contributed by atoms with Crippen LogP contribution in [0.3, 0.4) is 0 Å². The quantitative estimate of drug-likeness (QED) is 0.0244. The standard InChI is InChI=1S/C50H91NO13/c1-3-5-7-9-11-13-15-17-19-21-23-25-27-29-31-33-39(54)38(51-42(55)34-32-30-28-26-24-22-20-18-16-14-12-10-8-6-4-2)37-61-49-47(60)45(58)48(41(36-53)63-49)64-50-46(59)44(57)43(56)40(35-52)62-50/h15,17,23,25,31,33,38-41,43-50,52-54,56-60H,3-14,16,18-22,24,26-30,32,34-37H2,1-2H3,(H,51,55)/b17-15+,25-23+,33-31+. The highest BCUT2D eigenvalue weighted by atomic mass is 16.7. The lowest BCUT2D eigenvalue weighted by Crippen LogP contribution is -2.65. The van der Waals surface area contributed by atoms with Gasteiger partial charge in [0, 0.05) is 6.42 Å². The minimum Gasteiger partial charge on any atom is -0.394 e. The number of amides is 1. The summed E-state index contributed by atoms with van der Waals surface area (Å²) < 4.78 is 22.7. The van der Waals surface area contributed by atoms with Gasteiger partial charge in [-0.15, -0.1) is 0 Å². The van der Waals surface area contributed by atoms with Crippen molar-refractivity contribution in [2.75, 3.05) is 19.8 Å². The number of hydrogen-bond acceptors (Lipinski definition) is 13. The van der Waals surface area contributed by atoms with Crippen molar-refractivity contribution in [3.63, 3.8) is 0 Å². The minimum absolute atomic E-state index is 0.254. The average Bonchev–Trinajstić information content (AvgIpc) is 3.29. The number of carbonyl (C=O) groups excluding carboxylic acids is 1. The Balaban J connectivity index is 1.88. The topological polar surface area (TPSA) is 228 Å². The lowest BCUT2D eigenvalue weighted by molar-refractivity contribution is -0.359. The Labute approximate surface area is 385 Å². The van der Waals surface area contributed by atoms with Gasteiger partial charge in [0.05, 0.1) is 32.0 Å². The minimum atomic E-state index is -1.79. The van der Waals surface area contributed by atoms with E-state index in [0.717, 1.165) is 44.9 Å². The van der Waals surface area contributed by atoms with Gasteiger partial charge in [0.15, 0.2) is 12.6 Å². The molecule has 2 aliphatic rings. The van der Waals surface area contributed by atoms with Crippen LogP contribution in [0.2, 0.25) is 0 Å². The maximum atomic E-state index is 13.2. The van der Waals surface area contributed by atoms with E-state index >= 15 is 0 Å². The van der Waals surface area contributed by atoms with Crippen LogP contribution in [0.4, 0.5) is 0 Å². The summed E-state index contributed by atoms with van der Waals surface area (Å²) in [4.78, 5) is 13.2. The third-order valence-corrected chi connectivity index (χ3v) is 12.3. The van der Waals surface area contributed by atoms with Gasteiger partial charge in [-0.2, -0.15) is 0 Å². The van der Waals surface area contributed by atoms with Crippen LogP contribution in [-0.4, -0.2) is 140 Å².